The van der Waals surface area contributed by atoms with E-state index in [-0.39, 0.29) is 11.9 Å². The van der Waals surface area contributed by atoms with Crippen molar-refractivity contribution < 1.29 is 4.39 Å². The Balaban J connectivity index is 1.38. The lowest BCUT2D eigenvalue weighted by Gasteiger charge is -2.32. The molecule has 5 rings (SSSR count). The number of piperazine rings is 1. The predicted molar refractivity (Wildman–Crippen MR) is 136 cm³/mol. The van der Waals surface area contributed by atoms with Gasteiger partial charge in [-0.15, -0.1) is 11.3 Å². The average molecular weight is 479 g/mol. The topological polar surface area (TPSA) is 81.6 Å². The van der Waals surface area contributed by atoms with Gasteiger partial charge in [0.25, 0.3) is 0 Å². The van der Waals surface area contributed by atoms with Gasteiger partial charge in [-0.2, -0.15) is 15.0 Å². The highest BCUT2D eigenvalue weighted by Crippen LogP contribution is 2.25. The number of amidine groups is 1. The van der Waals surface area contributed by atoms with Crippen molar-refractivity contribution in [3.8, 4) is 0 Å². The van der Waals surface area contributed by atoms with Gasteiger partial charge in [0, 0.05) is 31.1 Å². The fraction of sp³-hybridized carbons (Fsp3) is 0.333. The quantitative estimate of drug-likeness (QED) is 0.556. The van der Waals surface area contributed by atoms with Crippen LogP contribution in [-0.2, 0) is 0 Å². The van der Waals surface area contributed by atoms with Crippen LogP contribution in [0.4, 0.5) is 22.2 Å². The molecule has 1 atom stereocenters. The molecule has 176 valence electrons. The Morgan fingerprint density at radius 3 is 2.50 bits per heavy atom. The molecule has 2 aliphatic heterocycles. The van der Waals surface area contributed by atoms with Gasteiger partial charge in [-0.3, -0.25) is 4.99 Å². The lowest BCUT2D eigenvalue weighted by Crippen LogP contribution is -2.45. The summed E-state index contributed by atoms with van der Waals surface area (Å²) in [5.74, 6) is 2.01. The normalized spacial score (nSPS) is 17.3. The molecule has 2 aliphatic rings. The molecule has 1 fully saturated rings. The van der Waals surface area contributed by atoms with E-state index in [1.54, 1.807) is 23.5 Å². The Morgan fingerprint density at radius 1 is 1.00 bits per heavy atom. The number of likely N-dealkylation sites (N-methyl/N-ethyl adjacent to an activating group) is 1. The molecule has 2 N–H and O–H groups in total. The molecule has 1 saturated heterocycles. The Morgan fingerprint density at radius 2 is 1.76 bits per heavy atom. The first-order chi connectivity index (χ1) is 16.5. The molecule has 0 aliphatic carbocycles. The molecule has 3 aromatic rings. The molecule has 0 bridgehead atoms. The van der Waals surface area contributed by atoms with E-state index in [0.717, 1.165) is 37.6 Å². The number of rotatable bonds is 6. The molecule has 10 heteroatoms. The van der Waals surface area contributed by atoms with Gasteiger partial charge in [-0.1, -0.05) is 18.2 Å². The maximum Gasteiger partial charge on any atom is 0.234 e. The highest BCUT2D eigenvalue weighted by atomic mass is 32.1. The predicted octanol–water partition coefficient (Wildman–Crippen LogP) is 3.90. The summed E-state index contributed by atoms with van der Waals surface area (Å²) in [5, 5.41) is 8.68. The first-order valence-electron chi connectivity index (χ1n) is 11.3. The lowest BCUT2D eigenvalue weighted by atomic mass is 10.1. The van der Waals surface area contributed by atoms with Crippen molar-refractivity contribution >= 4 is 40.6 Å². The molecule has 0 saturated carbocycles. The molecule has 34 heavy (non-hydrogen) atoms. The SMILES string of the molecule is CC(Nc1nc(NC2=NCC(c3cccs3)=C2)nc(N2CCN(C)CC2)n1)c1ccc(F)cc1. The minimum absolute atomic E-state index is 0.106. The molecule has 0 radical (unpaired) electrons. The van der Waals surface area contributed by atoms with Crippen LogP contribution < -0.4 is 15.5 Å². The van der Waals surface area contributed by atoms with Crippen molar-refractivity contribution in [3.05, 3.63) is 64.1 Å². The fourth-order valence-corrected chi connectivity index (χ4v) is 4.62. The highest BCUT2D eigenvalue weighted by molar-refractivity contribution is 7.11. The molecular weight excluding hydrogens is 451 g/mol. The summed E-state index contributed by atoms with van der Waals surface area (Å²) in [6, 6.07) is 10.5. The molecule has 4 heterocycles. The van der Waals surface area contributed by atoms with Crippen LogP contribution >= 0.6 is 11.3 Å². The van der Waals surface area contributed by atoms with Crippen molar-refractivity contribution in [3.63, 3.8) is 0 Å². The van der Waals surface area contributed by atoms with E-state index >= 15 is 0 Å². The standard InChI is InChI=1S/C24H27FN8S/c1-16(17-5-7-19(25)8-6-17)27-22-29-23(31-24(30-22)33-11-9-32(2)10-12-33)28-21-14-18(15-26-21)20-4-3-13-34-20/h3-8,13-14,16H,9-12,15H2,1-2H3,(H2,26,27,28,29,30,31). The van der Waals surface area contributed by atoms with Crippen LogP contribution in [0.2, 0.25) is 0 Å². The number of hydrogen-bond acceptors (Lipinski definition) is 9. The number of nitrogens with zero attached hydrogens (tertiary/aromatic N) is 6. The van der Waals surface area contributed by atoms with Crippen molar-refractivity contribution in [2.24, 2.45) is 4.99 Å². The number of thiophene rings is 1. The third-order valence-electron chi connectivity index (χ3n) is 5.93. The van der Waals surface area contributed by atoms with Crippen LogP contribution in [0.5, 0.6) is 0 Å². The van der Waals surface area contributed by atoms with E-state index in [9.17, 15) is 4.39 Å². The Hall–Kier alpha value is -3.37. The smallest absolute Gasteiger partial charge is 0.234 e. The van der Waals surface area contributed by atoms with Crippen LogP contribution in [0, 0.1) is 5.82 Å². The third kappa shape index (κ3) is 5.23. The molecule has 0 spiro atoms. The number of benzene rings is 1. The Labute approximate surface area is 202 Å². The van der Waals surface area contributed by atoms with Crippen molar-refractivity contribution in [1.29, 1.82) is 0 Å². The summed E-state index contributed by atoms with van der Waals surface area (Å²) < 4.78 is 13.3. The maximum atomic E-state index is 13.3. The molecule has 0 amide bonds. The number of aliphatic imine (C=N–C) groups is 1. The summed E-state index contributed by atoms with van der Waals surface area (Å²) in [6.45, 7) is 6.21. The zero-order valence-electron chi connectivity index (χ0n) is 19.2. The first kappa shape index (κ1) is 22.4. The van der Waals surface area contributed by atoms with Gasteiger partial charge in [0.2, 0.25) is 17.8 Å². The largest absolute Gasteiger partial charge is 0.348 e. The van der Waals surface area contributed by atoms with Gasteiger partial charge in [-0.05, 0) is 54.8 Å². The van der Waals surface area contributed by atoms with Crippen molar-refractivity contribution in [1.82, 2.24) is 19.9 Å². The lowest BCUT2D eigenvalue weighted by molar-refractivity contribution is 0.311. The molecule has 1 aromatic carbocycles. The number of aromatic nitrogens is 3. The van der Waals surface area contributed by atoms with E-state index in [2.05, 4.69) is 48.9 Å². The second-order valence-electron chi connectivity index (χ2n) is 8.46. The van der Waals surface area contributed by atoms with E-state index < -0.39 is 0 Å². The summed E-state index contributed by atoms with van der Waals surface area (Å²) >= 11 is 1.70. The maximum absolute atomic E-state index is 13.3. The van der Waals surface area contributed by atoms with Crippen LogP contribution in [0.1, 0.15) is 23.4 Å². The molecular formula is C24H27FN8S. The number of halogens is 1. The molecule has 1 unspecified atom stereocenters. The van der Waals surface area contributed by atoms with Crippen molar-refractivity contribution in [2.45, 2.75) is 13.0 Å². The van der Waals surface area contributed by atoms with Gasteiger partial charge in [0.1, 0.15) is 11.7 Å². The zero-order valence-corrected chi connectivity index (χ0v) is 20.0. The minimum atomic E-state index is -0.257. The fourth-order valence-electron chi connectivity index (χ4n) is 3.89. The van der Waals surface area contributed by atoms with E-state index in [0.29, 0.717) is 24.4 Å². The summed E-state index contributed by atoms with van der Waals surface area (Å²) in [4.78, 5) is 24.3. The highest BCUT2D eigenvalue weighted by Gasteiger charge is 2.20. The van der Waals surface area contributed by atoms with Gasteiger partial charge in [0.15, 0.2) is 0 Å². The van der Waals surface area contributed by atoms with E-state index in [4.69, 9.17) is 9.97 Å². The van der Waals surface area contributed by atoms with Gasteiger partial charge < -0.3 is 20.4 Å². The zero-order chi connectivity index (χ0) is 23.5. The Bertz CT molecular complexity index is 1180. The second-order valence-corrected chi connectivity index (χ2v) is 9.41. The minimum Gasteiger partial charge on any atom is -0.348 e. The molecule has 8 nitrogen and oxygen atoms in total. The number of nitrogens with one attached hydrogen (secondary N) is 2. The van der Waals surface area contributed by atoms with Gasteiger partial charge >= 0.3 is 0 Å². The second kappa shape index (κ2) is 9.86. The van der Waals surface area contributed by atoms with Crippen LogP contribution in [-0.4, -0.2) is 65.5 Å². The average Bonchev–Trinajstić information content (AvgIpc) is 3.52. The van der Waals surface area contributed by atoms with Crippen LogP contribution in [0.25, 0.3) is 5.57 Å². The summed E-state index contributed by atoms with van der Waals surface area (Å²) in [6.07, 6.45) is 2.04. The van der Waals surface area contributed by atoms with Crippen LogP contribution in [0.15, 0.2) is 52.8 Å². The van der Waals surface area contributed by atoms with Crippen molar-refractivity contribution in [2.75, 3.05) is 55.3 Å². The number of anilines is 3. The van der Waals surface area contributed by atoms with Crippen LogP contribution in [0.3, 0.4) is 0 Å². The molecule has 2 aromatic heterocycles. The number of hydrogen-bond donors (Lipinski definition) is 2. The summed E-state index contributed by atoms with van der Waals surface area (Å²) in [5.41, 5.74) is 2.12. The Kier molecular flexibility index (Phi) is 6.50. The van der Waals surface area contributed by atoms with Gasteiger partial charge in [-0.25, -0.2) is 4.39 Å². The van der Waals surface area contributed by atoms with E-state index in [1.165, 1.54) is 22.6 Å². The monoisotopic (exact) mass is 478 g/mol. The van der Waals surface area contributed by atoms with Gasteiger partial charge in [0.05, 0.1) is 12.6 Å². The first-order valence-corrected chi connectivity index (χ1v) is 12.2. The van der Waals surface area contributed by atoms with E-state index in [1.807, 2.05) is 19.1 Å². The summed E-state index contributed by atoms with van der Waals surface area (Å²) in [7, 11) is 2.12. The third-order valence-corrected chi connectivity index (χ3v) is 6.88.